The molecular formula is C9H17N3O3S. The average Bonchev–Trinajstić information content (AvgIpc) is 2.62. The molecule has 0 saturated carbocycles. The Kier molecular flexibility index (Phi) is 4.06. The monoisotopic (exact) mass is 247 g/mol. The number of rotatable bonds is 5. The lowest BCUT2D eigenvalue weighted by Gasteiger charge is -2.19. The quantitative estimate of drug-likeness (QED) is 0.765. The zero-order valence-electron chi connectivity index (χ0n) is 9.66. The number of aromatic nitrogens is 2. The van der Waals surface area contributed by atoms with Gasteiger partial charge >= 0.3 is 0 Å². The fourth-order valence-electron chi connectivity index (χ4n) is 1.30. The number of nitrogens with zero attached hydrogens (tertiary/aromatic N) is 3. The maximum absolute atomic E-state index is 11.8. The molecule has 1 aromatic heterocycles. The second-order valence-electron chi connectivity index (χ2n) is 3.82. The van der Waals surface area contributed by atoms with Gasteiger partial charge in [-0.15, -0.1) is 0 Å². The van der Waals surface area contributed by atoms with Crippen LogP contribution in [0.25, 0.3) is 0 Å². The van der Waals surface area contributed by atoms with E-state index in [-0.39, 0.29) is 13.2 Å². The molecule has 0 aliphatic rings. The number of aryl methyl sites for hydroxylation is 1. The van der Waals surface area contributed by atoms with Crippen LogP contribution in [0.1, 0.15) is 12.5 Å². The Bertz CT molecular complexity index is 441. The number of aliphatic hydroxyl groups is 1. The first-order valence-corrected chi connectivity index (χ1v) is 6.41. The zero-order chi connectivity index (χ0) is 12.3. The first-order valence-electron chi connectivity index (χ1n) is 4.91. The smallest absolute Gasteiger partial charge is 0.219 e. The van der Waals surface area contributed by atoms with Gasteiger partial charge in [-0.1, -0.05) is 0 Å². The van der Waals surface area contributed by atoms with Crippen molar-refractivity contribution in [2.45, 2.75) is 18.7 Å². The normalized spacial score (nSPS) is 14.3. The minimum atomic E-state index is -3.43. The van der Waals surface area contributed by atoms with Crippen LogP contribution < -0.4 is 0 Å². The van der Waals surface area contributed by atoms with Crippen molar-refractivity contribution in [3.63, 3.8) is 0 Å². The van der Waals surface area contributed by atoms with Gasteiger partial charge in [0.05, 0.1) is 18.1 Å². The molecule has 0 bridgehead atoms. The van der Waals surface area contributed by atoms with E-state index in [0.29, 0.717) is 0 Å². The molecule has 0 radical (unpaired) electrons. The Morgan fingerprint density at radius 3 is 2.69 bits per heavy atom. The minimum Gasteiger partial charge on any atom is -0.395 e. The van der Waals surface area contributed by atoms with Crippen LogP contribution in [0.2, 0.25) is 0 Å². The molecule has 1 N–H and O–H groups in total. The van der Waals surface area contributed by atoms with E-state index < -0.39 is 15.3 Å². The minimum absolute atomic E-state index is 0.264. The fourth-order valence-corrected chi connectivity index (χ4v) is 2.43. The topological polar surface area (TPSA) is 75.4 Å². The van der Waals surface area contributed by atoms with Gasteiger partial charge in [-0.25, -0.2) is 12.7 Å². The van der Waals surface area contributed by atoms with Crippen molar-refractivity contribution in [1.29, 1.82) is 0 Å². The summed E-state index contributed by atoms with van der Waals surface area (Å²) in [6.45, 7) is 1.37. The summed E-state index contributed by atoms with van der Waals surface area (Å²) in [7, 11) is -0.165. The number of aliphatic hydroxyl groups excluding tert-OH is 1. The largest absolute Gasteiger partial charge is 0.395 e. The Labute approximate surface area is 95.5 Å². The second kappa shape index (κ2) is 4.94. The van der Waals surface area contributed by atoms with E-state index in [2.05, 4.69) is 5.10 Å². The molecule has 0 amide bonds. The van der Waals surface area contributed by atoms with Crippen molar-refractivity contribution >= 4 is 10.0 Å². The van der Waals surface area contributed by atoms with Gasteiger partial charge in [-0.2, -0.15) is 5.10 Å². The molecule has 1 rings (SSSR count). The molecule has 1 unspecified atom stereocenters. The molecule has 1 heterocycles. The molecule has 7 heteroatoms. The number of sulfonamides is 1. The van der Waals surface area contributed by atoms with Crippen molar-refractivity contribution in [1.82, 2.24) is 14.1 Å². The SMILES string of the molecule is CC(CO)S(=O)(=O)N(C)Cc1cnn(C)c1. The van der Waals surface area contributed by atoms with Gasteiger partial charge in [-0.05, 0) is 6.92 Å². The molecule has 16 heavy (non-hydrogen) atoms. The molecule has 0 fully saturated rings. The maximum Gasteiger partial charge on any atom is 0.219 e. The van der Waals surface area contributed by atoms with Crippen molar-refractivity contribution in [3.05, 3.63) is 18.0 Å². The van der Waals surface area contributed by atoms with E-state index in [1.165, 1.54) is 18.3 Å². The molecule has 0 saturated heterocycles. The molecule has 92 valence electrons. The molecule has 1 atom stereocenters. The van der Waals surface area contributed by atoms with Crippen LogP contribution >= 0.6 is 0 Å². The summed E-state index contributed by atoms with van der Waals surface area (Å²) in [4.78, 5) is 0. The summed E-state index contributed by atoms with van der Waals surface area (Å²) in [6, 6.07) is 0. The van der Waals surface area contributed by atoms with E-state index in [1.807, 2.05) is 0 Å². The summed E-state index contributed by atoms with van der Waals surface area (Å²) in [5, 5.41) is 12.0. The molecule has 0 aliphatic heterocycles. The van der Waals surface area contributed by atoms with E-state index in [1.54, 1.807) is 24.1 Å². The third-order valence-electron chi connectivity index (χ3n) is 2.36. The Balaban J connectivity index is 2.76. The van der Waals surface area contributed by atoms with E-state index in [4.69, 9.17) is 5.11 Å². The molecule has 0 spiro atoms. The highest BCUT2D eigenvalue weighted by atomic mass is 32.2. The first kappa shape index (κ1) is 13.1. The summed E-state index contributed by atoms with van der Waals surface area (Å²) in [5.41, 5.74) is 0.818. The average molecular weight is 247 g/mol. The molecule has 1 aromatic rings. The van der Waals surface area contributed by atoms with E-state index in [0.717, 1.165) is 5.56 Å². The standard InChI is InChI=1S/C9H17N3O3S/c1-8(7-13)16(14,15)12(3)6-9-4-10-11(2)5-9/h4-5,8,13H,6-7H2,1-3H3. The van der Waals surface area contributed by atoms with Crippen LogP contribution in [0.3, 0.4) is 0 Å². The van der Waals surface area contributed by atoms with Crippen LogP contribution in [0.5, 0.6) is 0 Å². The molecule has 6 nitrogen and oxygen atoms in total. The Morgan fingerprint density at radius 1 is 1.62 bits per heavy atom. The molecule has 0 aromatic carbocycles. The predicted molar refractivity (Wildman–Crippen MR) is 60.1 cm³/mol. The first-order chi connectivity index (χ1) is 7.37. The van der Waals surface area contributed by atoms with Crippen molar-refractivity contribution in [3.8, 4) is 0 Å². The van der Waals surface area contributed by atoms with Crippen LogP contribution in [-0.4, -0.2) is 46.5 Å². The van der Waals surface area contributed by atoms with Gasteiger partial charge in [0.25, 0.3) is 0 Å². The molecule has 0 aliphatic carbocycles. The number of hydrogen-bond acceptors (Lipinski definition) is 4. The zero-order valence-corrected chi connectivity index (χ0v) is 10.5. The van der Waals surface area contributed by atoms with Gasteiger partial charge in [0.1, 0.15) is 0 Å². The summed E-state index contributed by atoms with van der Waals surface area (Å²) in [6.07, 6.45) is 3.38. The van der Waals surface area contributed by atoms with Crippen LogP contribution in [0, 0.1) is 0 Å². The lowest BCUT2D eigenvalue weighted by atomic mass is 10.4. The second-order valence-corrected chi connectivity index (χ2v) is 6.27. The van der Waals surface area contributed by atoms with Gasteiger partial charge in [0.15, 0.2) is 0 Å². The van der Waals surface area contributed by atoms with E-state index in [9.17, 15) is 8.42 Å². The van der Waals surface area contributed by atoms with Crippen molar-refractivity contribution in [2.24, 2.45) is 7.05 Å². The van der Waals surface area contributed by atoms with Gasteiger partial charge in [0, 0.05) is 32.4 Å². The third kappa shape index (κ3) is 2.81. The summed E-state index contributed by atoms with van der Waals surface area (Å²) < 4.78 is 26.5. The number of hydrogen-bond donors (Lipinski definition) is 1. The lowest BCUT2D eigenvalue weighted by Crippen LogP contribution is -2.35. The summed E-state index contributed by atoms with van der Waals surface area (Å²) in [5.74, 6) is 0. The summed E-state index contributed by atoms with van der Waals surface area (Å²) >= 11 is 0. The maximum atomic E-state index is 11.8. The van der Waals surface area contributed by atoms with Gasteiger partial charge < -0.3 is 5.11 Å². The highest BCUT2D eigenvalue weighted by Gasteiger charge is 2.25. The highest BCUT2D eigenvalue weighted by Crippen LogP contribution is 2.10. The third-order valence-corrected chi connectivity index (χ3v) is 4.53. The predicted octanol–water partition coefficient (Wildman–Crippen LogP) is -0.438. The van der Waals surface area contributed by atoms with Crippen LogP contribution in [0.4, 0.5) is 0 Å². The lowest BCUT2D eigenvalue weighted by molar-refractivity contribution is 0.290. The highest BCUT2D eigenvalue weighted by molar-refractivity contribution is 7.89. The van der Waals surface area contributed by atoms with Crippen molar-refractivity contribution < 1.29 is 13.5 Å². The van der Waals surface area contributed by atoms with Crippen LogP contribution in [-0.2, 0) is 23.6 Å². The van der Waals surface area contributed by atoms with Crippen molar-refractivity contribution in [2.75, 3.05) is 13.7 Å². The van der Waals surface area contributed by atoms with Crippen LogP contribution in [0.15, 0.2) is 12.4 Å². The fraction of sp³-hybridized carbons (Fsp3) is 0.667. The van der Waals surface area contributed by atoms with Gasteiger partial charge in [0.2, 0.25) is 10.0 Å². The Hall–Kier alpha value is -0.920. The molecular weight excluding hydrogens is 230 g/mol. The Morgan fingerprint density at radius 2 is 2.25 bits per heavy atom. The van der Waals surface area contributed by atoms with Gasteiger partial charge in [-0.3, -0.25) is 4.68 Å². The van der Waals surface area contributed by atoms with E-state index >= 15 is 0 Å².